The lowest BCUT2D eigenvalue weighted by Crippen LogP contribution is -2.53. The number of hydrogen-bond donors (Lipinski definition) is 1. The Morgan fingerprint density at radius 1 is 1.19 bits per heavy atom. The molecule has 2 aliphatic heterocycles. The van der Waals surface area contributed by atoms with Gasteiger partial charge in [0, 0.05) is 49.4 Å². The van der Waals surface area contributed by atoms with Crippen LogP contribution < -0.4 is 10.2 Å². The van der Waals surface area contributed by atoms with Crippen LogP contribution in [-0.2, 0) is 16.1 Å². The number of carbonyl (C=O) groups is 1. The summed E-state index contributed by atoms with van der Waals surface area (Å²) >= 11 is 0. The molecule has 0 bridgehead atoms. The number of nitrogens with zero attached hydrogens (tertiary/aromatic N) is 4. The van der Waals surface area contributed by atoms with Crippen LogP contribution in [0.15, 0.2) is 42.6 Å². The van der Waals surface area contributed by atoms with Crippen LogP contribution in [0.3, 0.4) is 0 Å². The van der Waals surface area contributed by atoms with Crippen molar-refractivity contribution < 1.29 is 13.9 Å². The van der Waals surface area contributed by atoms with E-state index in [1.54, 1.807) is 25.3 Å². The minimum absolute atomic E-state index is 0.0349. The monoisotopic (exact) mass is 435 g/mol. The maximum atomic E-state index is 14.4. The summed E-state index contributed by atoms with van der Waals surface area (Å²) in [6.45, 7) is 6.20. The van der Waals surface area contributed by atoms with Crippen molar-refractivity contribution in [2.24, 2.45) is 5.92 Å². The average Bonchev–Trinajstić information content (AvgIpc) is 2.78. The van der Waals surface area contributed by atoms with Crippen LogP contribution in [-0.4, -0.2) is 60.4 Å². The van der Waals surface area contributed by atoms with E-state index in [1.807, 2.05) is 23.1 Å². The predicted molar refractivity (Wildman–Crippen MR) is 121 cm³/mol. The Morgan fingerprint density at radius 3 is 2.75 bits per heavy atom. The summed E-state index contributed by atoms with van der Waals surface area (Å²) in [7, 11) is 0. The number of piperazine rings is 1. The molecule has 166 valence electrons. The lowest BCUT2D eigenvalue weighted by molar-refractivity contribution is -0.150. The number of rotatable bonds is 5. The van der Waals surface area contributed by atoms with E-state index >= 15 is 0 Å². The molecular weight excluding hydrogens is 409 g/mol. The minimum atomic E-state index is -0.187. The number of halogens is 1. The molecule has 32 heavy (non-hydrogen) atoms. The molecule has 3 aromatic rings. The molecular formula is C24H26FN5O2. The lowest BCUT2D eigenvalue weighted by atomic mass is 10.1. The van der Waals surface area contributed by atoms with Crippen molar-refractivity contribution in [1.29, 1.82) is 0 Å². The molecule has 1 amide bonds. The molecule has 0 atom stereocenters. The summed E-state index contributed by atoms with van der Waals surface area (Å²) in [6, 6.07) is 11.5. The van der Waals surface area contributed by atoms with Gasteiger partial charge in [0.2, 0.25) is 5.91 Å². The molecule has 1 N–H and O–H groups in total. The molecule has 1 aromatic heterocycles. The number of benzene rings is 2. The fourth-order valence-corrected chi connectivity index (χ4v) is 4.24. The molecule has 2 fully saturated rings. The smallest absolute Gasteiger partial charge is 0.230 e. The molecule has 2 aliphatic rings. The Labute approximate surface area is 186 Å². The molecule has 0 aliphatic carbocycles. The molecule has 2 aromatic carbocycles. The van der Waals surface area contributed by atoms with Crippen molar-refractivity contribution in [1.82, 2.24) is 15.1 Å². The topological polar surface area (TPSA) is 70.6 Å². The zero-order valence-electron chi connectivity index (χ0n) is 18.1. The zero-order chi connectivity index (χ0) is 22.1. The molecule has 7 nitrogen and oxygen atoms in total. The van der Waals surface area contributed by atoms with Crippen molar-refractivity contribution in [3.05, 3.63) is 59.5 Å². The van der Waals surface area contributed by atoms with E-state index in [9.17, 15) is 9.18 Å². The highest BCUT2D eigenvalue weighted by Gasteiger charge is 2.32. The minimum Gasteiger partial charge on any atom is -0.380 e. The Bertz CT molecular complexity index is 1140. The van der Waals surface area contributed by atoms with E-state index in [-0.39, 0.29) is 17.6 Å². The Hall–Kier alpha value is -3.26. The molecule has 0 unspecified atom stereocenters. The summed E-state index contributed by atoms with van der Waals surface area (Å²) in [5.41, 5.74) is 3.92. The van der Waals surface area contributed by atoms with Gasteiger partial charge < -0.3 is 19.9 Å². The molecule has 8 heteroatoms. The Balaban J connectivity index is 1.31. The van der Waals surface area contributed by atoms with E-state index in [2.05, 4.69) is 26.5 Å². The number of carbonyl (C=O) groups excluding carboxylic acids is 1. The second-order valence-corrected chi connectivity index (χ2v) is 8.41. The van der Waals surface area contributed by atoms with E-state index in [0.29, 0.717) is 44.0 Å². The van der Waals surface area contributed by atoms with Crippen LogP contribution in [0.1, 0.15) is 11.1 Å². The summed E-state index contributed by atoms with van der Waals surface area (Å²) in [5.74, 6) is 0.0557. The van der Waals surface area contributed by atoms with Crippen LogP contribution in [0.25, 0.3) is 10.9 Å². The highest BCUT2D eigenvalue weighted by atomic mass is 19.1. The van der Waals surface area contributed by atoms with Gasteiger partial charge in [-0.05, 0) is 30.7 Å². The molecule has 0 spiro atoms. The van der Waals surface area contributed by atoms with Crippen LogP contribution >= 0.6 is 0 Å². The fourth-order valence-electron chi connectivity index (χ4n) is 4.24. The first-order valence-electron chi connectivity index (χ1n) is 10.9. The lowest BCUT2D eigenvalue weighted by Gasteiger charge is -2.39. The number of ether oxygens (including phenoxy) is 1. The Kier molecular flexibility index (Phi) is 5.61. The number of aryl methyl sites for hydroxylation is 1. The van der Waals surface area contributed by atoms with Crippen LogP contribution in [0.5, 0.6) is 0 Å². The van der Waals surface area contributed by atoms with Gasteiger partial charge in [0.1, 0.15) is 5.82 Å². The van der Waals surface area contributed by atoms with Gasteiger partial charge in [-0.15, -0.1) is 0 Å². The van der Waals surface area contributed by atoms with Crippen LogP contribution in [0.4, 0.5) is 15.8 Å². The van der Waals surface area contributed by atoms with E-state index < -0.39 is 0 Å². The zero-order valence-corrected chi connectivity index (χ0v) is 18.1. The summed E-state index contributed by atoms with van der Waals surface area (Å²) in [6.07, 6.45) is 1.68. The number of anilines is 2. The normalized spacial score (nSPS) is 16.8. The predicted octanol–water partition coefficient (Wildman–Crippen LogP) is 2.98. The van der Waals surface area contributed by atoms with Crippen molar-refractivity contribution in [2.75, 3.05) is 49.6 Å². The maximum Gasteiger partial charge on any atom is 0.230 e. The molecule has 3 heterocycles. The van der Waals surface area contributed by atoms with Crippen LogP contribution in [0.2, 0.25) is 0 Å². The number of hydrogen-bond acceptors (Lipinski definition) is 6. The number of amides is 1. The fraction of sp³-hybridized carbons (Fsp3) is 0.375. The second kappa shape index (κ2) is 8.70. The second-order valence-electron chi connectivity index (χ2n) is 8.41. The summed E-state index contributed by atoms with van der Waals surface area (Å²) in [4.78, 5) is 16.7. The molecule has 5 rings (SSSR count). The van der Waals surface area contributed by atoms with Crippen molar-refractivity contribution in [3.8, 4) is 0 Å². The standard InChI is InChI=1S/C24H26FN5O2/c1-16-3-2-4-17(23(16)25)12-26-22-13-27-28-21-6-5-19(11-20(21)22)29-7-9-30(10-8-29)24(31)18-14-32-15-18/h2-6,11,13,18H,7-10,12,14-15H2,1H3,(H,26,28). The van der Waals surface area contributed by atoms with Crippen molar-refractivity contribution >= 4 is 28.2 Å². The van der Waals surface area contributed by atoms with Crippen LogP contribution in [0, 0.1) is 18.7 Å². The van der Waals surface area contributed by atoms with Gasteiger partial charge in [0.05, 0.1) is 36.5 Å². The third-order valence-corrected chi connectivity index (χ3v) is 6.31. The average molecular weight is 436 g/mol. The van der Waals surface area contributed by atoms with Gasteiger partial charge in [-0.25, -0.2) is 4.39 Å². The third kappa shape index (κ3) is 3.98. The number of aromatic nitrogens is 2. The van der Waals surface area contributed by atoms with E-state index in [1.165, 1.54) is 0 Å². The molecule has 0 radical (unpaired) electrons. The van der Waals surface area contributed by atoms with Gasteiger partial charge in [0.15, 0.2) is 0 Å². The van der Waals surface area contributed by atoms with Gasteiger partial charge >= 0.3 is 0 Å². The first kappa shape index (κ1) is 20.6. The highest BCUT2D eigenvalue weighted by molar-refractivity contribution is 5.93. The van der Waals surface area contributed by atoms with Gasteiger partial charge in [-0.3, -0.25) is 4.79 Å². The first-order chi connectivity index (χ1) is 15.6. The highest BCUT2D eigenvalue weighted by Crippen LogP contribution is 2.28. The van der Waals surface area contributed by atoms with Crippen molar-refractivity contribution in [2.45, 2.75) is 13.5 Å². The van der Waals surface area contributed by atoms with Crippen molar-refractivity contribution in [3.63, 3.8) is 0 Å². The number of nitrogens with one attached hydrogen (secondary N) is 1. The van der Waals surface area contributed by atoms with Gasteiger partial charge in [0.25, 0.3) is 0 Å². The summed E-state index contributed by atoms with van der Waals surface area (Å²) in [5, 5.41) is 12.6. The quantitative estimate of drug-likeness (QED) is 0.665. The van der Waals surface area contributed by atoms with Gasteiger partial charge in [-0.1, -0.05) is 18.2 Å². The largest absolute Gasteiger partial charge is 0.380 e. The maximum absolute atomic E-state index is 14.4. The molecule has 0 saturated carbocycles. The SMILES string of the molecule is Cc1cccc(CNc2cnnc3ccc(N4CCN(C(=O)C5COC5)CC4)cc23)c1F. The van der Waals surface area contributed by atoms with Gasteiger partial charge in [-0.2, -0.15) is 10.2 Å². The molecule has 2 saturated heterocycles. The van der Waals surface area contributed by atoms with E-state index in [0.717, 1.165) is 35.4 Å². The number of fused-ring (bicyclic) bond motifs is 1. The Morgan fingerprint density at radius 2 is 2.00 bits per heavy atom. The summed E-state index contributed by atoms with van der Waals surface area (Å²) < 4.78 is 19.5. The third-order valence-electron chi connectivity index (χ3n) is 6.31. The first-order valence-corrected chi connectivity index (χ1v) is 10.9. The van der Waals surface area contributed by atoms with E-state index in [4.69, 9.17) is 4.74 Å².